The number of nitrogens with zero attached hydrogens (tertiary/aromatic N) is 3. The standard InChI is InChI=1S/C29H36N4O4/c1-28(2,3)33-18-21-16-29(17-24(34)25(21)31-33)9-12-32(13-10-29)27(36)20-6-5-19-7-8-22(23(19)15-20)26(35)30-11-14-37-4/h5-6,8,15,18H,7,9-14,16-17H2,1-4H3,(H,30,35). The quantitative estimate of drug-likeness (QED) is 0.630. The van der Waals surface area contributed by atoms with Crippen LogP contribution in [0.5, 0.6) is 0 Å². The summed E-state index contributed by atoms with van der Waals surface area (Å²) >= 11 is 0. The average molecular weight is 505 g/mol. The number of carbonyl (C=O) groups is 3. The number of aromatic nitrogens is 2. The second-order valence-corrected chi connectivity index (χ2v) is 11.6. The number of ketones is 1. The topological polar surface area (TPSA) is 93.5 Å². The van der Waals surface area contributed by atoms with Crippen molar-refractivity contribution in [2.45, 2.75) is 58.4 Å². The smallest absolute Gasteiger partial charge is 0.253 e. The molecule has 2 amide bonds. The normalized spacial score (nSPS) is 18.4. The lowest BCUT2D eigenvalue weighted by atomic mass is 9.67. The number of fused-ring (bicyclic) bond motifs is 2. The highest BCUT2D eigenvalue weighted by molar-refractivity contribution is 6.21. The molecule has 0 saturated carbocycles. The summed E-state index contributed by atoms with van der Waals surface area (Å²) in [6, 6.07) is 5.67. The first-order chi connectivity index (χ1) is 17.6. The number of hydrogen-bond donors (Lipinski definition) is 1. The molecular weight excluding hydrogens is 468 g/mol. The number of amides is 2. The van der Waals surface area contributed by atoms with Gasteiger partial charge >= 0.3 is 0 Å². The molecule has 37 heavy (non-hydrogen) atoms. The number of nitrogens with one attached hydrogen (secondary N) is 1. The van der Waals surface area contributed by atoms with Gasteiger partial charge in [-0.25, -0.2) is 0 Å². The molecule has 2 aromatic rings. The highest BCUT2D eigenvalue weighted by Crippen LogP contribution is 2.44. The van der Waals surface area contributed by atoms with E-state index in [9.17, 15) is 14.4 Å². The van der Waals surface area contributed by atoms with Crippen LogP contribution < -0.4 is 5.32 Å². The molecule has 1 N–H and O–H groups in total. The lowest BCUT2D eigenvalue weighted by Crippen LogP contribution is -2.46. The van der Waals surface area contributed by atoms with E-state index in [1.165, 1.54) is 0 Å². The molecule has 1 saturated heterocycles. The predicted octanol–water partition coefficient (Wildman–Crippen LogP) is 3.39. The molecule has 2 heterocycles. The summed E-state index contributed by atoms with van der Waals surface area (Å²) < 4.78 is 6.92. The third-order valence-corrected chi connectivity index (χ3v) is 7.96. The molecule has 1 aromatic heterocycles. The number of allylic oxidation sites excluding steroid dienone is 1. The SMILES string of the molecule is COCCNC(=O)C1=CCc2ccc(C(=O)N3CCC4(CC3)CC(=O)c3nn(C(C)(C)C)cc3C4)cc21. The molecule has 1 aliphatic heterocycles. The lowest BCUT2D eigenvalue weighted by molar-refractivity contribution is -0.115. The number of methoxy groups -OCH3 is 1. The minimum Gasteiger partial charge on any atom is -0.383 e. The Labute approximate surface area is 218 Å². The van der Waals surface area contributed by atoms with Crippen molar-refractivity contribution < 1.29 is 19.1 Å². The fourth-order valence-electron chi connectivity index (χ4n) is 5.77. The number of likely N-dealkylation sites (tertiary alicyclic amines) is 1. The van der Waals surface area contributed by atoms with Crippen LogP contribution in [-0.4, -0.2) is 65.6 Å². The minimum absolute atomic E-state index is 0.0212. The molecule has 8 nitrogen and oxygen atoms in total. The highest BCUT2D eigenvalue weighted by atomic mass is 16.5. The molecule has 8 heteroatoms. The molecule has 1 fully saturated rings. The Morgan fingerprint density at radius 1 is 1.14 bits per heavy atom. The van der Waals surface area contributed by atoms with Crippen molar-refractivity contribution in [3.8, 4) is 0 Å². The van der Waals surface area contributed by atoms with Crippen molar-refractivity contribution >= 4 is 23.2 Å². The van der Waals surface area contributed by atoms with E-state index in [4.69, 9.17) is 4.74 Å². The van der Waals surface area contributed by atoms with Gasteiger partial charge in [-0.05, 0) is 75.1 Å². The van der Waals surface area contributed by atoms with E-state index >= 15 is 0 Å². The molecule has 196 valence electrons. The molecule has 0 radical (unpaired) electrons. The van der Waals surface area contributed by atoms with Crippen molar-refractivity contribution in [2.24, 2.45) is 5.41 Å². The second kappa shape index (κ2) is 9.56. The number of piperidine rings is 1. The maximum Gasteiger partial charge on any atom is 0.253 e. The van der Waals surface area contributed by atoms with Crippen molar-refractivity contribution in [1.29, 1.82) is 0 Å². The van der Waals surface area contributed by atoms with Gasteiger partial charge < -0.3 is 15.0 Å². The van der Waals surface area contributed by atoms with Gasteiger partial charge in [-0.15, -0.1) is 0 Å². The van der Waals surface area contributed by atoms with Crippen LogP contribution in [0.15, 0.2) is 30.5 Å². The van der Waals surface area contributed by atoms with Gasteiger partial charge in [0.05, 0.1) is 12.1 Å². The monoisotopic (exact) mass is 504 g/mol. The Morgan fingerprint density at radius 3 is 2.59 bits per heavy atom. The summed E-state index contributed by atoms with van der Waals surface area (Å²) in [4.78, 5) is 41.0. The number of rotatable bonds is 5. The first-order valence-corrected chi connectivity index (χ1v) is 13.1. The molecule has 3 aliphatic rings. The summed E-state index contributed by atoms with van der Waals surface area (Å²) in [5.74, 6) is -0.0470. The third kappa shape index (κ3) is 4.87. The van der Waals surface area contributed by atoms with Crippen molar-refractivity contribution in [3.05, 3.63) is 58.4 Å². The van der Waals surface area contributed by atoms with E-state index in [0.29, 0.717) is 55.9 Å². The van der Waals surface area contributed by atoms with Gasteiger partial charge in [-0.1, -0.05) is 12.1 Å². The van der Waals surface area contributed by atoms with Crippen LogP contribution in [0, 0.1) is 5.41 Å². The van der Waals surface area contributed by atoms with Gasteiger partial charge in [0, 0.05) is 56.1 Å². The summed E-state index contributed by atoms with van der Waals surface area (Å²) in [5.41, 5.74) is 4.47. The second-order valence-electron chi connectivity index (χ2n) is 11.6. The number of carbonyl (C=O) groups excluding carboxylic acids is 3. The summed E-state index contributed by atoms with van der Waals surface area (Å²) in [6.45, 7) is 8.38. The van der Waals surface area contributed by atoms with Gasteiger partial charge in [-0.2, -0.15) is 5.10 Å². The molecule has 0 atom stereocenters. The van der Waals surface area contributed by atoms with Gasteiger partial charge in [0.15, 0.2) is 5.78 Å². The molecule has 0 unspecified atom stereocenters. The minimum atomic E-state index is -0.171. The fraction of sp³-hybridized carbons (Fsp3) is 0.517. The lowest BCUT2D eigenvalue weighted by Gasteiger charge is -2.43. The fourth-order valence-corrected chi connectivity index (χ4v) is 5.77. The van der Waals surface area contributed by atoms with E-state index in [1.54, 1.807) is 7.11 Å². The Hall–Kier alpha value is -3.26. The summed E-state index contributed by atoms with van der Waals surface area (Å²) in [7, 11) is 1.60. The zero-order valence-electron chi connectivity index (χ0n) is 22.2. The van der Waals surface area contributed by atoms with Crippen LogP contribution in [0.4, 0.5) is 0 Å². The van der Waals surface area contributed by atoms with Crippen LogP contribution in [0.1, 0.15) is 77.6 Å². The maximum absolute atomic E-state index is 13.4. The number of hydrogen-bond acceptors (Lipinski definition) is 5. The van der Waals surface area contributed by atoms with E-state index in [1.807, 2.05) is 40.1 Å². The number of ether oxygens (including phenoxy) is 1. The zero-order chi connectivity index (χ0) is 26.4. The molecule has 1 aromatic carbocycles. The Morgan fingerprint density at radius 2 is 1.89 bits per heavy atom. The van der Waals surface area contributed by atoms with Crippen molar-refractivity contribution in [1.82, 2.24) is 20.0 Å². The van der Waals surface area contributed by atoms with E-state index in [2.05, 4.69) is 31.2 Å². The molecule has 1 spiro atoms. The third-order valence-electron chi connectivity index (χ3n) is 7.96. The first-order valence-electron chi connectivity index (χ1n) is 13.1. The van der Waals surface area contributed by atoms with Gasteiger partial charge in [0.25, 0.3) is 11.8 Å². The van der Waals surface area contributed by atoms with Gasteiger partial charge in [0.2, 0.25) is 0 Å². The van der Waals surface area contributed by atoms with Crippen LogP contribution in [0.25, 0.3) is 5.57 Å². The Balaban J connectivity index is 1.26. The Bertz CT molecular complexity index is 1280. The number of Topliss-reactive ketones (excluding diaryl/α,β-unsaturated/α-hetero) is 1. The summed E-state index contributed by atoms with van der Waals surface area (Å²) in [5, 5.41) is 7.47. The van der Waals surface area contributed by atoms with E-state index in [-0.39, 0.29) is 28.6 Å². The van der Waals surface area contributed by atoms with E-state index in [0.717, 1.165) is 36.0 Å². The van der Waals surface area contributed by atoms with Gasteiger partial charge in [0.1, 0.15) is 5.69 Å². The highest BCUT2D eigenvalue weighted by Gasteiger charge is 2.43. The van der Waals surface area contributed by atoms with Crippen molar-refractivity contribution in [2.75, 3.05) is 33.4 Å². The first kappa shape index (κ1) is 25.4. The zero-order valence-corrected chi connectivity index (χ0v) is 22.2. The molecular formula is C29H36N4O4. The largest absolute Gasteiger partial charge is 0.383 e. The van der Waals surface area contributed by atoms with Crippen LogP contribution in [0.2, 0.25) is 0 Å². The molecule has 0 bridgehead atoms. The average Bonchev–Trinajstić information content (AvgIpc) is 3.48. The van der Waals surface area contributed by atoms with Crippen LogP contribution in [0.3, 0.4) is 0 Å². The van der Waals surface area contributed by atoms with E-state index < -0.39 is 0 Å². The van der Waals surface area contributed by atoms with Crippen molar-refractivity contribution in [3.63, 3.8) is 0 Å². The molecule has 5 rings (SSSR count). The Kier molecular flexibility index (Phi) is 6.56. The van der Waals surface area contributed by atoms with Gasteiger partial charge in [-0.3, -0.25) is 19.1 Å². The maximum atomic E-state index is 13.4. The summed E-state index contributed by atoms with van der Waals surface area (Å²) in [6.07, 6.45) is 7.55. The number of benzene rings is 1. The van der Waals surface area contributed by atoms with Crippen LogP contribution >= 0.6 is 0 Å². The molecule has 2 aliphatic carbocycles. The predicted molar refractivity (Wildman–Crippen MR) is 140 cm³/mol. The van der Waals surface area contributed by atoms with Crippen LogP contribution in [-0.2, 0) is 27.9 Å².